The normalized spacial score (nSPS) is 15.9. The second kappa shape index (κ2) is 6.49. The van der Waals surface area contributed by atoms with Crippen molar-refractivity contribution in [2.75, 3.05) is 18.4 Å². The zero-order chi connectivity index (χ0) is 15.6. The lowest BCUT2D eigenvalue weighted by Gasteiger charge is -2.30. The zero-order valence-electron chi connectivity index (χ0n) is 10.9. The van der Waals surface area contributed by atoms with Crippen LogP contribution in [0.4, 0.5) is 14.9 Å². The summed E-state index contributed by atoms with van der Waals surface area (Å²) in [5.74, 6) is -1.86. The molecule has 0 atom stereocenters. The number of carboxylic acids is 1. The van der Waals surface area contributed by atoms with Crippen LogP contribution in [0.1, 0.15) is 12.8 Å². The minimum atomic E-state index is -0.848. The highest BCUT2D eigenvalue weighted by Crippen LogP contribution is 2.31. The van der Waals surface area contributed by atoms with E-state index in [2.05, 4.69) is 5.32 Å². The Morgan fingerprint density at radius 3 is 2.24 bits per heavy atom. The SMILES string of the molecule is O=C(O)C1CCN(C(=O)Nc2c(Cl)cc(F)cc2Cl)CC1. The number of nitrogens with one attached hydrogen (secondary N) is 1. The van der Waals surface area contributed by atoms with E-state index >= 15 is 0 Å². The highest BCUT2D eigenvalue weighted by molar-refractivity contribution is 6.39. The number of hydrogen-bond acceptors (Lipinski definition) is 2. The van der Waals surface area contributed by atoms with Crippen LogP contribution < -0.4 is 5.32 Å². The number of piperidine rings is 1. The third-order valence-electron chi connectivity index (χ3n) is 3.37. The fourth-order valence-electron chi connectivity index (χ4n) is 2.18. The highest BCUT2D eigenvalue weighted by Gasteiger charge is 2.27. The lowest BCUT2D eigenvalue weighted by atomic mass is 9.97. The summed E-state index contributed by atoms with van der Waals surface area (Å²) in [5, 5.41) is 11.5. The van der Waals surface area contributed by atoms with Gasteiger partial charge in [0, 0.05) is 13.1 Å². The van der Waals surface area contributed by atoms with Crippen LogP contribution in [0.2, 0.25) is 10.0 Å². The number of likely N-dealkylation sites (tertiary alicyclic amines) is 1. The molecule has 2 rings (SSSR count). The Morgan fingerprint density at radius 2 is 1.76 bits per heavy atom. The Bertz CT molecular complexity index is 552. The van der Waals surface area contributed by atoms with Crippen LogP contribution in [0.15, 0.2) is 12.1 Å². The Morgan fingerprint density at radius 1 is 1.24 bits per heavy atom. The molecule has 0 unspecified atom stereocenters. The molecule has 2 amide bonds. The maximum absolute atomic E-state index is 13.1. The van der Waals surface area contributed by atoms with Crippen molar-refractivity contribution in [3.05, 3.63) is 28.0 Å². The minimum Gasteiger partial charge on any atom is -0.481 e. The number of rotatable bonds is 2. The second-order valence-electron chi connectivity index (χ2n) is 4.77. The minimum absolute atomic E-state index is 0.00812. The van der Waals surface area contributed by atoms with Crippen LogP contribution in [-0.4, -0.2) is 35.1 Å². The lowest BCUT2D eigenvalue weighted by molar-refractivity contribution is -0.143. The van der Waals surface area contributed by atoms with E-state index < -0.39 is 23.7 Å². The number of nitrogens with zero attached hydrogens (tertiary/aromatic N) is 1. The summed E-state index contributed by atoms with van der Waals surface area (Å²) in [6.07, 6.45) is 0.793. The largest absolute Gasteiger partial charge is 0.481 e. The summed E-state index contributed by atoms with van der Waals surface area (Å²) in [6.45, 7) is 0.665. The van der Waals surface area contributed by atoms with Gasteiger partial charge in [-0.25, -0.2) is 9.18 Å². The Hall–Kier alpha value is -1.53. The summed E-state index contributed by atoms with van der Waals surface area (Å²) in [6, 6.07) is 1.67. The molecule has 1 saturated heterocycles. The maximum atomic E-state index is 13.1. The fourth-order valence-corrected chi connectivity index (χ4v) is 2.73. The van der Waals surface area contributed by atoms with E-state index in [9.17, 15) is 14.0 Å². The van der Waals surface area contributed by atoms with Crippen molar-refractivity contribution in [3.8, 4) is 0 Å². The van der Waals surface area contributed by atoms with E-state index in [1.807, 2.05) is 0 Å². The number of anilines is 1. The summed E-state index contributed by atoms with van der Waals surface area (Å²) < 4.78 is 13.1. The monoisotopic (exact) mass is 334 g/mol. The number of benzene rings is 1. The van der Waals surface area contributed by atoms with E-state index in [0.717, 1.165) is 12.1 Å². The average molecular weight is 335 g/mol. The topological polar surface area (TPSA) is 69.6 Å². The molecule has 1 aliphatic rings. The third kappa shape index (κ3) is 3.77. The standard InChI is InChI=1S/C13H13Cl2FN2O3/c14-9-5-8(16)6-10(15)11(9)17-13(21)18-3-1-7(2-4-18)12(19)20/h5-7H,1-4H2,(H,17,21)(H,19,20). The van der Waals surface area contributed by atoms with Gasteiger partial charge in [0.25, 0.3) is 0 Å². The number of halogens is 3. The number of carbonyl (C=O) groups excluding carboxylic acids is 1. The predicted molar refractivity (Wildman–Crippen MR) is 77.4 cm³/mol. The van der Waals surface area contributed by atoms with Crippen LogP contribution >= 0.6 is 23.2 Å². The Labute approximate surface area is 130 Å². The van der Waals surface area contributed by atoms with Crippen LogP contribution in [0.25, 0.3) is 0 Å². The summed E-state index contributed by atoms with van der Waals surface area (Å²) in [4.78, 5) is 24.4. The first-order valence-electron chi connectivity index (χ1n) is 6.31. The van der Waals surface area contributed by atoms with Crippen molar-refractivity contribution in [3.63, 3.8) is 0 Å². The summed E-state index contributed by atoms with van der Waals surface area (Å²) in [5.41, 5.74) is 0.144. The molecule has 21 heavy (non-hydrogen) atoms. The number of amides is 2. The Kier molecular flexibility index (Phi) is 4.90. The van der Waals surface area contributed by atoms with Crippen LogP contribution in [0.3, 0.4) is 0 Å². The van der Waals surface area contributed by atoms with E-state index in [-0.39, 0.29) is 15.7 Å². The smallest absolute Gasteiger partial charge is 0.321 e. The van der Waals surface area contributed by atoms with Crippen molar-refractivity contribution in [2.24, 2.45) is 5.92 Å². The number of carboxylic acid groups (broad SMARTS) is 1. The molecule has 1 aromatic carbocycles. The van der Waals surface area contributed by atoms with Gasteiger partial charge >= 0.3 is 12.0 Å². The van der Waals surface area contributed by atoms with Gasteiger partial charge in [-0.3, -0.25) is 4.79 Å². The molecule has 0 saturated carbocycles. The number of urea groups is 1. The lowest BCUT2D eigenvalue weighted by Crippen LogP contribution is -2.42. The first-order valence-corrected chi connectivity index (χ1v) is 7.07. The van der Waals surface area contributed by atoms with Crippen molar-refractivity contribution < 1.29 is 19.1 Å². The van der Waals surface area contributed by atoms with Gasteiger partial charge in [-0.05, 0) is 25.0 Å². The van der Waals surface area contributed by atoms with Crippen molar-refractivity contribution in [2.45, 2.75) is 12.8 Å². The predicted octanol–water partition coefficient (Wildman–Crippen LogP) is 3.46. The molecule has 1 aliphatic heterocycles. The molecule has 1 heterocycles. The molecular formula is C13H13Cl2FN2O3. The molecule has 0 radical (unpaired) electrons. The number of aliphatic carboxylic acids is 1. The van der Waals surface area contributed by atoms with E-state index in [0.29, 0.717) is 25.9 Å². The van der Waals surface area contributed by atoms with Gasteiger partial charge in [0.2, 0.25) is 0 Å². The molecule has 0 aliphatic carbocycles. The first kappa shape index (κ1) is 15.9. The zero-order valence-corrected chi connectivity index (χ0v) is 12.4. The van der Waals surface area contributed by atoms with Gasteiger partial charge < -0.3 is 15.3 Å². The number of hydrogen-bond donors (Lipinski definition) is 2. The molecule has 0 aromatic heterocycles. The van der Waals surface area contributed by atoms with E-state index in [1.54, 1.807) is 0 Å². The third-order valence-corrected chi connectivity index (χ3v) is 3.97. The van der Waals surface area contributed by atoms with Gasteiger partial charge in [-0.2, -0.15) is 0 Å². The summed E-state index contributed by atoms with van der Waals surface area (Å²) in [7, 11) is 0. The highest BCUT2D eigenvalue weighted by atomic mass is 35.5. The van der Waals surface area contributed by atoms with Crippen LogP contribution in [0.5, 0.6) is 0 Å². The molecule has 0 bridgehead atoms. The fraction of sp³-hybridized carbons (Fsp3) is 0.385. The molecule has 1 fully saturated rings. The van der Waals surface area contributed by atoms with Gasteiger partial charge in [-0.15, -0.1) is 0 Å². The quantitative estimate of drug-likeness (QED) is 0.870. The van der Waals surface area contributed by atoms with Crippen LogP contribution in [0, 0.1) is 11.7 Å². The van der Waals surface area contributed by atoms with E-state index in [1.165, 1.54) is 4.90 Å². The molecule has 8 heteroatoms. The summed E-state index contributed by atoms with van der Waals surface area (Å²) >= 11 is 11.7. The number of carbonyl (C=O) groups is 2. The molecule has 0 spiro atoms. The molecule has 5 nitrogen and oxygen atoms in total. The van der Waals surface area contributed by atoms with Gasteiger partial charge in [0.15, 0.2) is 0 Å². The van der Waals surface area contributed by atoms with Gasteiger partial charge in [0.1, 0.15) is 5.82 Å². The van der Waals surface area contributed by atoms with Crippen molar-refractivity contribution in [1.29, 1.82) is 0 Å². The van der Waals surface area contributed by atoms with Gasteiger partial charge in [0.05, 0.1) is 21.7 Å². The maximum Gasteiger partial charge on any atom is 0.321 e. The van der Waals surface area contributed by atoms with Crippen molar-refractivity contribution >= 4 is 40.9 Å². The van der Waals surface area contributed by atoms with E-state index in [4.69, 9.17) is 28.3 Å². The van der Waals surface area contributed by atoms with Crippen LogP contribution in [-0.2, 0) is 4.79 Å². The molecule has 114 valence electrons. The van der Waals surface area contributed by atoms with Gasteiger partial charge in [-0.1, -0.05) is 23.2 Å². The van der Waals surface area contributed by atoms with Crippen molar-refractivity contribution in [1.82, 2.24) is 4.90 Å². The molecule has 2 N–H and O–H groups in total. The Balaban J connectivity index is 2.01. The average Bonchev–Trinajstić information content (AvgIpc) is 2.42. The molecule has 1 aromatic rings. The second-order valence-corrected chi connectivity index (χ2v) is 5.59. The molecular weight excluding hydrogens is 322 g/mol. The first-order chi connectivity index (χ1) is 9.88.